The summed E-state index contributed by atoms with van der Waals surface area (Å²) in [5.41, 5.74) is 1.12. The van der Waals surface area contributed by atoms with Gasteiger partial charge in [0.25, 0.3) is 0 Å². The van der Waals surface area contributed by atoms with Crippen molar-refractivity contribution in [1.82, 2.24) is 19.7 Å². The Hall–Kier alpha value is -1.43. The molecule has 1 fully saturated rings. The van der Waals surface area contributed by atoms with Gasteiger partial charge in [-0.1, -0.05) is 23.7 Å². The summed E-state index contributed by atoms with van der Waals surface area (Å²) < 4.78 is 7.78. The molecule has 6 heteroatoms. The van der Waals surface area contributed by atoms with Crippen LogP contribution in [0.25, 0.3) is 0 Å². The Morgan fingerprint density at radius 2 is 2.29 bits per heavy atom. The van der Waals surface area contributed by atoms with E-state index in [0.29, 0.717) is 12.6 Å². The van der Waals surface area contributed by atoms with Crippen LogP contribution < -0.4 is 0 Å². The van der Waals surface area contributed by atoms with Gasteiger partial charge in [0.1, 0.15) is 12.2 Å². The van der Waals surface area contributed by atoms with Crippen molar-refractivity contribution in [3.8, 4) is 0 Å². The number of aryl methyl sites for hydroxylation is 1. The molecule has 1 aromatic heterocycles. The highest BCUT2D eigenvalue weighted by molar-refractivity contribution is 6.30. The molecule has 0 bridgehead atoms. The monoisotopic (exact) mass is 306 g/mol. The Balaban J connectivity index is 1.74. The SMILES string of the molecule is C[C@@H]1CO[C@H](c2cccc(Cl)c2)CN1Cc1ncnn1C. The minimum absolute atomic E-state index is 0.0492. The summed E-state index contributed by atoms with van der Waals surface area (Å²) in [7, 11) is 1.92. The summed E-state index contributed by atoms with van der Waals surface area (Å²) in [6.45, 7) is 4.48. The first-order valence-corrected chi connectivity index (χ1v) is 7.45. The lowest BCUT2D eigenvalue weighted by Gasteiger charge is -2.37. The van der Waals surface area contributed by atoms with Crippen LogP contribution in [0.15, 0.2) is 30.6 Å². The Morgan fingerprint density at radius 3 is 3.00 bits per heavy atom. The smallest absolute Gasteiger partial charge is 0.140 e. The zero-order valence-corrected chi connectivity index (χ0v) is 13.0. The van der Waals surface area contributed by atoms with Crippen LogP contribution in [0.3, 0.4) is 0 Å². The molecule has 0 amide bonds. The maximum atomic E-state index is 6.07. The molecule has 0 radical (unpaired) electrons. The van der Waals surface area contributed by atoms with Gasteiger partial charge in [0.05, 0.1) is 19.3 Å². The normalized spacial score (nSPS) is 23.4. The predicted molar refractivity (Wildman–Crippen MR) is 81.0 cm³/mol. The fraction of sp³-hybridized carbons (Fsp3) is 0.467. The summed E-state index contributed by atoms with van der Waals surface area (Å²) in [5, 5.41) is 4.87. The highest BCUT2D eigenvalue weighted by atomic mass is 35.5. The van der Waals surface area contributed by atoms with E-state index in [1.54, 1.807) is 6.33 Å². The molecule has 2 aromatic rings. The van der Waals surface area contributed by atoms with E-state index in [1.165, 1.54) is 0 Å². The molecule has 0 spiro atoms. The quantitative estimate of drug-likeness (QED) is 0.873. The summed E-state index contributed by atoms with van der Waals surface area (Å²) in [6, 6.07) is 8.24. The van der Waals surface area contributed by atoms with Crippen LogP contribution >= 0.6 is 11.6 Å². The average Bonchev–Trinajstić information content (AvgIpc) is 2.87. The fourth-order valence-electron chi connectivity index (χ4n) is 2.58. The van der Waals surface area contributed by atoms with Gasteiger partial charge < -0.3 is 4.74 Å². The number of ether oxygens (including phenoxy) is 1. The van der Waals surface area contributed by atoms with E-state index in [4.69, 9.17) is 16.3 Å². The molecule has 0 aliphatic carbocycles. The topological polar surface area (TPSA) is 43.2 Å². The van der Waals surface area contributed by atoms with Crippen molar-refractivity contribution in [2.45, 2.75) is 25.6 Å². The molecule has 21 heavy (non-hydrogen) atoms. The molecule has 1 aliphatic rings. The fourth-order valence-corrected chi connectivity index (χ4v) is 2.78. The first-order chi connectivity index (χ1) is 10.1. The zero-order chi connectivity index (χ0) is 14.8. The van der Waals surface area contributed by atoms with Crippen molar-refractivity contribution < 1.29 is 4.74 Å². The summed E-state index contributed by atoms with van der Waals surface area (Å²) in [5.74, 6) is 0.966. The Bertz CT molecular complexity index is 615. The molecule has 1 aromatic carbocycles. The molecule has 2 atom stereocenters. The largest absolute Gasteiger partial charge is 0.371 e. The van der Waals surface area contributed by atoms with Gasteiger partial charge in [0.15, 0.2) is 0 Å². The van der Waals surface area contributed by atoms with Crippen LogP contribution in [-0.4, -0.2) is 38.9 Å². The van der Waals surface area contributed by atoms with E-state index >= 15 is 0 Å². The van der Waals surface area contributed by atoms with Crippen molar-refractivity contribution in [2.75, 3.05) is 13.2 Å². The lowest BCUT2D eigenvalue weighted by molar-refractivity contribution is -0.0643. The Labute approximate surface area is 129 Å². The second-order valence-electron chi connectivity index (χ2n) is 5.46. The average molecular weight is 307 g/mol. The van der Waals surface area contributed by atoms with Gasteiger partial charge in [0.2, 0.25) is 0 Å². The number of nitrogens with zero attached hydrogens (tertiary/aromatic N) is 4. The van der Waals surface area contributed by atoms with Crippen molar-refractivity contribution in [1.29, 1.82) is 0 Å². The third-order valence-electron chi connectivity index (χ3n) is 3.93. The van der Waals surface area contributed by atoms with Crippen molar-refractivity contribution in [3.05, 3.63) is 47.0 Å². The van der Waals surface area contributed by atoms with Gasteiger partial charge in [-0.2, -0.15) is 5.10 Å². The van der Waals surface area contributed by atoms with Crippen LogP contribution in [0.4, 0.5) is 0 Å². The summed E-state index contributed by atoms with van der Waals surface area (Å²) in [4.78, 5) is 6.68. The maximum Gasteiger partial charge on any atom is 0.140 e. The van der Waals surface area contributed by atoms with E-state index in [9.17, 15) is 0 Å². The number of rotatable bonds is 3. The molecule has 0 N–H and O–H groups in total. The highest BCUT2D eigenvalue weighted by Crippen LogP contribution is 2.27. The van der Waals surface area contributed by atoms with E-state index in [1.807, 2.05) is 29.9 Å². The molecule has 112 valence electrons. The number of morpholine rings is 1. The molecule has 1 aliphatic heterocycles. The van der Waals surface area contributed by atoms with E-state index in [-0.39, 0.29) is 6.10 Å². The molecular formula is C15H19ClN4O. The van der Waals surface area contributed by atoms with Gasteiger partial charge in [0, 0.05) is 24.7 Å². The van der Waals surface area contributed by atoms with Crippen molar-refractivity contribution in [2.24, 2.45) is 7.05 Å². The Morgan fingerprint density at radius 1 is 1.43 bits per heavy atom. The lowest BCUT2D eigenvalue weighted by Crippen LogP contribution is -2.44. The van der Waals surface area contributed by atoms with E-state index in [2.05, 4.69) is 28.0 Å². The molecule has 0 unspecified atom stereocenters. The zero-order valence-electron chi connectivity index (χ0n) is 12.2. The van der Waals surface area contributed by atoms with Gasteiger partial charge >= 0.3 is 0 Å². The minimum Gasteiger partial charge on any atom is -0.371 e. The first-order valence-electron chi connectivity index (χ1n) is 7.07. The number of hydrogen-bond acceptors (Lipinski definition) is 4. The molecule has 0 saturated carbocycles. The summed E-state index contributed by atoms with van der Waals surface area (Å²) >= 11 is 6.07. The van der Waals surface area contributed by atoms with Gasteiger partial charge in [-0.25, -0.2) is 4.98 Å². The third-order valence-corrected chi connectivity index (χ3v) is 4.17. The highest BCUT2D eigenvalue weighted by Gasteiger charge is 2.28. The first kappa shape index (κ1) is 14.5. The number of aromatic nitrogens is 3. The van der Waals surface area contributed by atoms with Gasteiger partial charge in [-0.05, 0) is 24.6 Å². The van der Waals surface area contributed by atoms with Crippen LogP contribution in [0.2, 0.25) is 5.02 Å². The van der Waals surface area contributed by atoms with Crippen LogP contribution in [0, 0.1) is 0 Å². The molecule has 3 rings (SSSR count). The van der Waals surface area contributed by atoms with Gasteiger partial charge in [-0.15, -0.1) is 0 Å². The minimum atomic E-state index is 0.0492. The van der Waals surface area contributed by atoms with Crippen molar-refractivity contribution in [3.63, 3.8) is 0 Å². The molecule has 2 heterocycles. The number of hydrogen-bond donors (Lipinski definition) is 0. The molecular weight excluding hydrogens is 288 g/mol. The standard InChI is InChI=1S/C15H19ClN4O/c1-11-9-21-14(12-4-3-5-13(16)6-12)7-20(11)8-15-17-10-18-19(15)2/h3-6,10-11,14H,7-9H2,1-2H3/t11-,14+/m1/s1. The van der Waals surface area contributed by atoms with Crippen LogP contribution in [-0.2, 0) is 18.3 Å². The van der Waals surface area contributed by atoms with Crippen LogP contribution in [0.5, 0.6) is 0 Å². The lowest BCUT2D eigenvalue weighted by atomic mass is 10.1. The predicted octanol–water partition coefficient (Wildman–Crippen LogP) is 2.43. The number of halogens is 1. The summed E-state index contributed by atoms with van der Waals surface area (Å²) in [6.07, 6.45) is 1.64. The maximum absolute atomic E-state index is 6.07. The van der Waals surface area contributed by atoms with E-state index < -0.39 is 0 Å². The Kier molecular flexibility index (Phi) is 4.24. The second kappa shape index (κ2) is 6.13. The molecule has 5 nitrogen and oxygen atoms in total. The van der Waals surface area contributed by atoms with Crippen molar-refractivity contribution >= 4 is 11.6 Å². The molecule has 1 saturated heterocycles. The van der Waals surface area contributed by atoms with E-state index in [0.717, 1.165) is 29.5 Å². The van der Waals surface area contributed by atoms with Gasteiger partial charge in [-0.3, -0.25) is 9.58 Å². The number of benzene rings is 1. The third kappa shape index (κ3) is 3.26. The second-order valence-corrected chi connectivity index (χ2v) is 5.89. The van der Waals surface area contributed by atoms with Crippen LogP contribution in [0.1, 0.15) is 24.4 Å².